The molecule has 3 heteroatoms. The summed E-state index contributed by atoms with van der Waals surface area (Å²) >= 11 is 0. The molecule has 0 saturated heterocycles. The zero-order chi connectivity index (χ0) is 12.3. The Bertz CT molecular complexity index is 355. The average Bonchev–Trinajstić information content (AvgIpc) is 3.11. The van der Waals surface area contributed by atoms with Gasteiger partial charge in [-0.15, -0.1) is 0 Å². The summed E-state index contributed by atoms with van der Waals surface area (Å²) in [5.41, 5.74) is 0.164. The second-order valence-electron chi connectivity index (χ2n) is 4.97. The molecule has 1 aromatic rings. The van der Waals surface area contributed by atoms with Crippen LogP contribution in [0.25, 0.3) is 0 Å². The van der Waals surface area contributed by atoms with E-state index in [1.54, 1.807) is 0 Å². The number of rotatable bonds is 6. The molecule has 2 N–H and O–H groups in total. The predicted molar refractivity (Wildman–Crippen MR) is 68.2 cm³/mol. The smallest absolute Gasteiger partial charge is 0.119 e. The van der Waals surface area contributed by atoms with Crippen molar-refractivity contribution in [3.8, 4) is 5.75 Å². The van der Waals surface area contributed by atoms with Crippen LogP contribution < -0.4 is 10.1 Å². The third-order valence-electron chi connectivity index (χ3n) is 3.17. The van der Waals surface area contributed by atoms with E-state index in [-0.39, 0.29) is 0 Å². The van der Waals surface area contributed by atoms with Gasteiger partial charge in [-0.05, 0) is 57.5 Å². The number of ether oxygens (including phenoxy) is 1. The van der Waals surface area contributed by atoms with Crippen molar-refractivity contribution >= 4 is 0 Å². The predicted octanol–water partition coefficient (Wildman–Crippen LogP) is 2.04. The molecule has 1 aromatic carbocycles. The summed E-state index contributed by atoms with van der Waals surface area (Å²) in [4.78, 5) is 0. The molecule has 0 radical (unpaired) electrons. The molecule has 1 unspecified atom stereocenters. The molecule has 3 nitrogen and oxygen atoms in total. The minimum absolute atomic E-state index is 0.422. The largest absolute Gasteiger partial charge is 0.490 e. The van der Waals surface area contributed by atoms with E-state index in [1.165, 1.54) is 12.8 Å². The van der Waals surface area contributed by atoms with Crippen LogP contribution in [0.3, 0.4) is 0 Å². The highest BCUT2D eigenvalue weighted by atomic mass is 16.5. The van der Waals surface area contributed by atoms with Crippen LogP contribution in [0.4, 0.5) is 0 Å². The topological polar surface area (TPSA) is 41.5 Å². The van der Waals surface area contributed by atoms with Crippen LogP contribution in [0.15, 0.2) is 24.3 Å². The van der Waals surface area contributed by atoms with Crippen LogP contribution in [-0.2, 0) is 5.60 Å². The normalized spacial score (nSPS) is 18.8. The highest BCUT2D eigenvalue weighted by Gasteiger charge is 2.25. The third-order valence-corrected chi connectivity index (χ3v) is 3.17. The maximum atomic E-state index is 10.3. The highest BCUT2D eigenvalue weighted by molar-refractivity contribution is 5.31. The fraction of sp³-hybridized carbons (Fsp3) is 0.571. The molecule has 1 atom stereocenters. The third kappa shape index (κ3) is 3.45. The molecule has 94 valence electrons. The summed E-state index contributed by atoms with van der Waals surface area (Å²) < 4.78 is 5.68. The van der Waals surface area contributed by atoms with Crippen LogP contribution in [0.5, 0.6) is 5.75 Å². The van der Waals surface area contributed by atoms with Gasteiger partial charge < -0.3 is 15.2 Å². The molecule has 0 heterocycles. The maximum Gasteiger partial charge on any atom is 0.119 e. The first-order valence-corrected chi connectivity index (χ1v) is 6.26. The average molecular weight is 235 g/mol. The monoisotopic (exact) mass is 235 g/mol. The minimum atomic E-state index is -0.777. The number of aliphatic hydroxyl groups is 1. The van der Waals surface area contributed by atoms with Crippen molar-refractivity contribution in [2.45, 2.75) is 37.9 Å². The van der Waals surface area contributed by atoms with Crippen LogP contribution in [0, 0.1) is 0 Å². The van der Waals surface area contributed by atoms with Gasteiger partial charge in [0.1, 0.15) is 5.75 Å². The lowest BCUT2D eigenvalue weighted by Gasteiger charge is -2.24. The molecule has 0 bridgehead atoms. The van der Waals surface area contributed by atoms with Crippen LogP contribution >= 0.6 is 0 Å². The van der Waals surface area contributed by atoms with Gasteiger partial charge in [0.15, 0.2) is 0 Å². The van der Waals surface area contributed by atoms with E-state index in [2.05, 4.69) is 5.32 Å². The van der Waals surface area contributed by atoms with E-state index in [9.17, 15) is 5.11 Å². The van der Waals surface area contributed by atoms with Crippen LogP contribution in [0.1, 0.15) is 31.7 Å². The maximum absolute atomic E-state index is 10.3. The molecule has 1 fully saturated rings. The minimum Gasteiger partial charge on any atom is -0.490 e. The summed E-state index contributed by atoms with van der Waals surface area (Å²) in [6.07, 6.45) is 3.46. The van der Waals surface area contributed by atoms with E-state index in [4.69, 9.17) is 4.74 Å². The van der Waals surface area contributed by atoms with Crippen LogP contribution in [0.2, 0.25) is 0 Å². The van der Waals surface area contributed by atoms with Crippen molar-refractivity contribution in [3.05, 3.63) is 29.8 Å². The van der Waals surface area contributed by atoms with Crippen molar-refractivity contribution < 1.29 is 9.84 Å². The summed E-state index contributed by atoms with van der Waals surface area (Å²) in [5.74, 6) is 0.903. The van der Waals surface area contributed by atoms with Gasteiger partial charge in [-0.2, -0.15) is 0 Å². The first kappa shape index (κ1) is 12.4. The Morgan fingerprint density at radius 2 is 2.00 bits per heavy atom. The van der Waals surface area contributed by atoms with Crippen LogP contribution in [-0.4, -0.2) is 24.8 Å². The van der Waals surface area contributed by atoms with Gasteiger partial charge >= 0.3 is 0 Å². The molecule has 0 amide bonds. The molecule has 1 aliphatic rings. The van der Waals surface area contributed by atoms with Gasteiger partial charge in [-0.25, -0.2) is 0 Å². The zero-order valence-corrected chi connectivity index (χ0v) is 10.6. The molecule has 0 aromatic heterocycles. The van der Waals surface area contributed by atoms with Crippen molar-refractivity contribution in [1.29, 1.82) is 0 Å². The molecule has 1 aliphatic carbocycles. The van der Waals surface area contributed by atoms with E-state index >= 15 is 0 Å². The Balaban J connectivity index is 1.99. The Kier molecular flexibility index (Phi) is 3.69. The Labute approximate surface area is 103 Å². The first-order valence-electron chi connectivity index (χ1n) is 6.26. The Morgan fingerprint density at radius 3 is 2.53 bits per heavy atom. The number of nitrogens with one attached hydrogen (secondary N) is 1. The van der Waals surface area contributed by atoms with E-state index in [1.807, 2.05) is 38.2 Å². The summed E-state index contributed by atoms with van der Waals surface area (Å²) in [6.45, 7) is 2.65. The summed E-state index contributed by atoms with van der Waals surface area (Å²) in [7, 11) is 1.89. The lowest BCUT2D eigenvalue weighted by atomic mass is 9.92. The summed E-state index contributed by atoms with van der Waals surface area (Å²) in [5, 5.41) is 13.4. The number of benzene rings is 1. The molecular formula is C14H21NO2. The van der Waals surface area contributed by atoms with Gasteiger partial charge in [0.25, 0.3) is 0 Å². The van der Waals surface area contributed by atoms with Gasteiger partial charge in [0.05, 0.1) is 11.7 Å². The van der Waals surface area contributed by atoms with E-state index in [0.29, 0.717) is 12.5 Å². The van der Waals surface area contributed by atoms with Crippen molar-refractivity contribution in [1.82, 2.24) is 5.32 Å². The van der Waals surface area contributed by atoms with Crippen molar-refractivity contribution in [2.75, 3.05) is 13.6 Å². The van der Waals surface area contributed by atoms with Crippen molar-refractivity contribution in [3.63, 3.8) is 0 Å². The highest BCUT2D eigenvalue weighted by Crippen LogP contribution is 2.29. The van der Waals surface area contributed by atoms with E-state index < -0.39 is 5.60 Å². The Hall–Kier alpha value is -1.06. The van der Waals surface area contributed by atoms with Gasteiger partial charge in [-0.1, -0.05) is 12.1 Å². The molecule has 0 aliphatic heterocycles. The molecular weight excluding hydrogens is 214 g/mol. The lowest BCUT2D eigenvalue weighted by Crippen LogP contribution is -2.26. The first-order chi connectivity index (χ1) is 8.12. The second kappa shape index (κ2) is 5.07. The van der Waals surface area contributed by atoms with Gasteiger partial charge in [0.2, 0.25) is 0 Å². The second-order valence-corrected chi connectivity index (χ2v) is 4.97. The number of hydrogen-bond acceptors (Lipinski definition) is 3. The summed E-state index contributed by atoms with van der Waals surface area (Å²) in [6, 6.07) is 7.80. The zero-order valence-electron chi connectivity index (χ0n) is 10.6. The molecule has 2 rings (SSSR count). The molecule has 17 heavy (non-hydrogen) atoms. The number of hydrogen-bond donors (Lipinski definition) is 2. The van der Waals surface area contributed by atoms with Gasteiger partial charge in [0, 0.05) is 0 Å². The van der Waals surface area contributed by atoms with E-state index in [0.717, 1.165) is 17.9 Å². The Morgan fingerprint density at radius 1 is 1.35 bits per heavy atom. The fourth-order valence-corrected chi connectivity index (χ4v) is 1.78. The standard InChI is InChI=1S/C14H21NO2/c1-14(16,9-10-15-2)11-3-5-12(6-4-11)17-13-7-8-13/h3-6,13,15-16H,7-10H2,1-2H3. The van der Waals surface area contributed by atoms with Gasteiger partial charge in [-0.3, -0.25) is 0 Å². The fourth-order valence-electron chi connectivity index (χ4n) is 1.78. The molecule has 1 saturated carbocycles. The lowest BCUT2D eigenvalue weighted by molar-refractivity contribution is 0.0485. The quantitative estimate of drug-likeness (QED) is 0.793. The molecule has 0 spiro atoms. The SMILES string of the molecule is CNCCC(C)(O)c1ccc(OC2CC2)cc1. The van der Waals surface area contributed by atoms with Crippen molar-refractivity contribution in [2.24, 2.45) is 0 Å².